The van der Waals surface area contributed by atoms with Crippen LogP contribution in [0.4, 0.5) is 0 Å². The summed E-state index contributed by atoms with van der Waals surface area (Å²) in [5.74, 6) is -0.173. The molecular weight excluding hydrogens is 296 g/mol. The minimum absolute atomic E-state index is 0.0708. The average Bonchev–Trinajstić information content (AvgIpc) is 2.58. The highest BCUT2D eigenvalue weighted by Crippen LogP contribution is 2.19. The van der Waals surface area contributed by atoms with E-state index in [0.717, 1.165) is 0 Å². The number of morpholine rings is 1. The molecule has 1 aromatic carbocycles. The van der Waals surface area contributed by atoms with Gasteiger partial charge in [-0.3, -0.25) is 9.59 Å². The Labute approximate surface area is 133 Å². The summed E-state index contributed by atoms with van der Waals surface area (Å²) >= 11 is 0. The van der Waals surface area contributed by atoms with Gasteiger partial charge in [-0.05, 0) is 18.1 Å². The molecule has 1 aliphatic rings. The Balaban J connectivity index is 2.03. The summed E-state index contributed by atoms with van der Waals surface area (Å²) in [4.78, 5) is 27.3. The van der Waals surface area contributed by atoms with Gasteiger partial charge < -0.3 is 9.64 Å². The topological polar surface area (TPSA) is 77.3 Å². The van der Waals surface area contributed by atoms with Crippen molar-refractivity contribution in [3.05, 3.63) is 34.6 Å². The maximum atomic E-state index is 12.9. The number of hydrogen-bond acceptors (Lipinski definition) is 5. The Kier molecular flexibility index (Phi) is 4.38. The minimum Gasteiger partial charge on any atom is -0.378 e. The van der Waals surface area contributed by atoms with Crippen molar-refractivity contribution in [2.45, 2.75) is 19.9 Å². The summed E-state index contributed by atoms with van der Waals surface area (Å²) in [6.07, 6.45) is 0. The zero-order valence-electron chi connectivity index (χ0n) is 13.3. The van der Waals surface area contributed by atoms with Crippen molar-refractivity contribution in [3.63, 3.8) is 0 Å². The molecule has 0 bridgehead atoms. The molecule has 1 saturated heterocycles. The van der Waals surface area contributed by atoms with E-state index in [4.69, 9.17) is 4.74 Å². The van der Waals surface area contributed by atoms with Crippen LogP contribution in [0.3, 0.4) is 0 Å². The molecule has 0 N–H and O–H groups in total. The van der Waals surface area contributed by atoms with Crippen LogP contribution in [0.2, 0.25) is 0 Å². The minimum atomic E-state index is -0.655. The molecule has 7 heteroatoms. The molecule has 0 spiro atoms. The van der Waals surface area contributed by atoms with Crippen LogP contribution in [0.25, 0.3) is 10.9 Å². The fourth-order valence-electron chi connectivity index (χ4n) is 2.83. The number of carbonyl (C=O) groups is 1. The van der Waals surface area contributed by atoms with Crippen molar-refractivity contribution in [1.29, 1.82) is 0 Å². The van der Waals surface area contributed by atoms with E-state index < -0.39 is 6.04 Å². The van der Waals surface area contributed by atoms with E-state index in [1.165, 1.54) is 4.68 Å². The van der Waals surface area contributed by atoms with Gasteiger partial charge in [-0.2, -0.15) is 4.68 Å². The Morgan fingerprint density at radius 3 is 2.61 bits per heavy atom. The van der Waals surface area contributed by atoms with Crippen LogP contribution < -0.4 is 5.56 Å². The lowest BCUT2D eigenvalue weighted by atomic mass is 10.0. The first-order valence-electron chi connectivity index (χ1n) is 7.80. The van der Waals surface area contributed by atoms with E-state index >= 15 is 0 Å². The maximum absolute atomic E-state index is 12.9. The van der Waals surface area contributed by atoms with Crippen LogP contribution in [0.15, 0.2) is 29.1 Å². The Morgan fingerprint density at radius 2 is 1.91 bits per heavy atom. The van der Waals surface area contributed by atoms with Crippen LogP contribution in [-0.4, -0.2) is 52.1 Å². The fourth-order valence-corrected chi connectivity index (χ4v) is 2.83. The van der Waals surface area contributed by atoms with Crippen molar-refractivity contribution in [2.24, 2.45) is 5.92 Å². The highest BCUT2D eigenvalue weighted by Gasteiger charge is 2.31. The molecule has 122 valence electrons. The second kappa shape index (κ2) is 6.45. The summed E-state index contributed by atoms with van der Waals surface area (Å²) < 4.78 is 6.51. The largest absolute Gasteiger partial charge is 0.378 e. The number of ether oxygens (including phenoxy) is 1. The molecule has 0 radical (unpaired) electrons. The number of rotatable bonds is 3. The van der Waals surface area contributed by atoms with Gasteiger partial charge in [0.15, 0.2) is 0 Å². The molecule has 23 heavy (non-hydrogen) atoms. The number of benzene rings is 1. The van der Waals surface area contributed by atoms with Crippen LogP contribution in [0.1, 0.15) is 19.9 Å². The van der Waals surface area contributed by atoms with Gasteiger partial charge in [0, 0.05) is 13.1 Å². The summed E-state index contributed by atoms with van der Waals surface area (Å²) in [7, 11) is 0. The lowest BCUT2D eigenvalue weighted by Gasteiger charge is -2.31. The smallest absolute Gasteiger partial charge is 0.278 e. The van der Waals surface area contributed by atoms with Gasteiger partial charge in [-0.15, -0.1) is 5.10 Å². The van der Waals surface area contributed by atoms with Crippen LogP contribution in [-0.2, 0) is 9.53 Å². The van der Waals surface area contributed by atoms with Crippen LogP contribution >= 0.6 is 0 Å². The first-order valence-corrected chi connectivity index (χ1v) is 7.80. The lowest BCUT2D eigenvalue weighted by molar-refractivity contribution is -0.140. The van der Waals surface area contributed by atoms with E-state index in [0.29, 0.717) is 37.2 Å². The number of aromatic nitrogens is 3. The molecule has 3 rings (SSSR count). The molecule has 1 fully saturated rings. The summed E-state index contributed by atoms with van der Waals surface area (Å²) in [5, 5.41) is 8.58. The van der Waals surface area contributed by atoms with E-state index in [2.05, 4.69) is 10.3 Å². The monoisotopic (exact) mass is 316 g/mol. The maximum Gasteiger partial charge on any atom is 0.278 e. The Morgan fingerprint density at radius 1 is 1.22 bits per heavy atom. The van der Waals surface area contributed by atoms with Gasteiger partial charge in [0.05, 0.1) is 18.6 Å². The molecule has 0 aliphatic carbocycles. The third-order valence-corrected chi connectivity index (χ3v) is 4.06. The third kappa shape index (κ3) is 2.96. The van der Waals surface area contributed by atoms with E-state index in [9.17, 15) is 9.59 Å². The van der Waals surface area contributed by atoms with Gasteiger partial charge in [0.25, 0.3) is 5.56 Å². The second-order valence-electron chi connectivity index (χ2n) is 5.98. The summed E-state index contributed by atoms with van der Waals surface area (Å²) in [6, 6.07) is 6.38. The summed E-state index contributed by atoms with van der Waals surface area (Å²) in [6.45, 7) is 5.94. The van der Waals surface area contributed by atoms with Crippen molar-refractivity contribution in [1.82, 2.24) is 19.9 Å². The predicted octanol–water partition coefficient (Wildman–Crippen LogP) is 0.847. The normalized spacial score (nSPS) is 16.7. The van der Waals surface area contributed by atoms with Crippen LogP contribution in [0.5, 0.6) is 0 Å². The summed E-state index contributed by atoms with van der Waals surface area (Å²) in [5.41, 5.74) is 0.256. The van der Waals surface area contributed by atoms with Gasteiger partial charge in [0.1, 0.15) is 11.6 Å². The third-order valence-electron chi connectivity index (χ3n) is 4.06. The van der Waals surface area contributed by atoms with Gasteiger partial charge in [-0.1, -0.05) is 31.2 Å². The average molecular weight is 316 g/mol. The SMILES string of the molecule is CC(C)C(C(=O)N1CCOCC1)n1nnc2ccccc2c1=O. The second-order valence-corrected chi connectivity index (χ2v) is 5.98. The molecule has 1 unspecified atom stereocenters. The standard InChI is InChI=1S/C16H20N4O3/c1-11(2)14(16(22)19-7-9-23-10-8-19)20-15(21)12-5-3-4-6-13(12)17-18-20/h3-6,11,14H,7-10H2,1-2H3. The number of hydrogen-bond donors (Lipinski definition) is 0. The first kappa shape index (κ1) is 15.6. The van der Waals surface area contributed by atoms with E-state index in [-0.39, 0.29) is 17.4 Å². The molecule has 1 amide bonds. The molecule has 2 heterocycles. The van der Waals surface area contributed by atoms with E-state index in [1.807, 2.05) is 13.8 Å². The number of fused-ring (bicyclic) bond motifs is 1. The van der Waals surface area contributed by atoms with Crippen molar-refractivity contribution in [3.8, 4) is 0 Å². The van der Waals surface area contributed by atoms with Crippen molar-refractivity contribution < 1.29 is 9.53 Å². The van der Waals surface area contributed by atoms with Gasteiger partial charge in [-0.25, -0.2) is 0 Å². The highest BCUT2D eigenvalue weighted by molar-refractivity contribution is 5.81. The Hall–Kier alpha value is -2.28. The molecule has 1 atom stereocenters. The van der Waals surface area contributed by atoms with Gasteiger partial charge >= 0.3 is 0 Å². The zero-order valence-corrected chi connectivity index (χ0v) is 13.3. The molecule has 7 nitrogen and oxygen atoms in total. The zero-order chi connectivity index (χ0) is 16.4. The predicted molar refractivity (Wildman–Crippen MR) is 85.1 cm³/mol. The number of nitrogens with zero attached hydrogens (tertiary/aromatic N) is 4. The molecule has 0 saturated carbocycles. The van der Waals surface area contributed by atoms with E-state index in [1.54, 1.807) is 29.2 Å². The molecule has 1 aliphatic heterocycles. The molecule has 2 aromatic rings. The fraction of sp³-hybridized carbons (Fsp3) is 0.500. The molecular formula is C16H20N4O3. The number of carbonyl (C=O) groups excluding carboxylic acids is 1. The van der Waals surface area contributed by atoms with Crippen molar-refractivity contribution in [2.75, 3.05) is 26.3 Å². The number of amides is 1. The lowest BCUT2D eigenvalue weighted by Crippen LogP contribution is -2.47. The van der Waals surface area contributed by atoms with Crippen molar-refractivity contribution >= 4 is 16.8 Å². The Bertz CT molecular complexity index is 765. The highest BCUT2D eigenvalue weighted by atomic mass is 16.5. The molecule has 1 aromatic heterocycles. The van der Waals surface area contributed by atoms with Gasteiger partial charge in [0.2, 0.25) is 5.91 Å². The van der Waals surface area contributed by atoms with Crippen LogP contribution in [0, 0.1) is 5.92 Å². The first-order chi connectivity index (χ1) is 11.1. The quantitative estimate of drug-likeness (QED) is 0.839.